The molecule has 4 nitrogen and oxygen atoms in total. The highest BCUT2D eigenvalue weighted by Gasteiger charge is 2.21. The molecule has 0 bridgehead atoms. The molecule has 2 aliphatic heterocycles. The molecule has 2 heterocycles. The number of benzene rings is 1. The van der Waals surface area contributed by atoms with Crippen LogP contribution in [-0.2, 0) is 4.74 Å². The maximum Gasteiger partial charge on any atom is 0.142 e. The summed E-state index contributed by atoms with van der Waals surface area (Å²) in [7, 11) is 0. The molecule has 21 heavy (non-hydrogen) atoms. The second-order valence-electron chi connectivity index (χ2n) is 6.12. The van der Waals surface area contributed by atoms with Crippen LogP contribution < -0.4 is 9.64 Å². The number of fused-ring (bicyclic) bond motifs is 1. The minimum Gasteiger partial charge on any atom is -0.491 e. The molecule has 116 valence electrons. The van der Waals surface area contributed by atoms with E-state index in [0.717, 1.165) is 58.2 Å². The number of ether oxygens (including phenoxy) is 2. The van der Waals surface area contributed by atoms with E-state index in [2.05, 4.69) is 41.8 Å². The maximum atomic E-state index is 5.87. The number of anilines is 1. The van der Waals surface area contributed by atoms with Gasteiger partial charge in [0.25, 0.3) is 0 Å². The van der Waals surface area contributed by atoms with Crippen LogP contribution in [0, 0.1) is 6.92 Å². The Hall–Kier alpha value is -1.26. The topological polar surface area (TPSA) is 24.9 Å². The Balaban J connectivity index is 1.68. The van der Waals surface area contributed by atoms with Gasteiger partial charge in [-0.15, -0.1) is 0 Å². The number of morpholine rings is 1. The first kappa shape index (κ1) is 14.7. The van der Waals surface area contributed by atoms with Gasteiger partial charge in [0.1, 0.15) is 5.75 Å². The molecular formula is C17H26N2O2. The lowest BCUT2D eigenvalue weighted by Gasteiger charge is -2.35. The summed E-state index contributed by atoms with van der Waals surface area (Å²) in [5, 5.41) is 0. The minimum absolute atomic E-state index is 0.527. The van der Waals surface area contributed by atoms with E-state index in [1.165, 1.54) is 11.3 Å². The third kappa shape index (κ3) is 3.50. The Morgan fingerprint density at radius 2 is 2.10 bits per heavy atom. The highest BCUT2D eigenvalue weighted by Crippen LogP contribution is 2.31. The van der Waals surface area contributed by atoms with Crippen molar-refractivity contribution < 1.29 is 9.47 Å². The zero-order valence-electron chi connectivity index (χ0n) is 13.2. The number of aryl methyl sites for hydroxylation is 1. The van der Waals surface area contributed by atoms with Crippen molar-refractivity contribution in [1.82, 2.24) is 4.90 Å². The van der Waals surface area contributed by atoms with Gasteiger partial charge in [0.15, 0.2) is 0 Å². The van der Waals surface area contributed by atoms with E-state index in [9.17, 15) is 0 Å². The first-order valence-electron chi connectivity index (χ1n) is 8.04. The van der Waals surface area contributed by atoms with Crippen molar-refractivity contribution in [3.05, 3.63) is 23.8 Å². The molecule has 0 radical (unpaired) electrons. The van der Waals surface area contributed by atoms with Crippen molar-refractivity contribution in [3.8, 4) is 5.75 Å². The number of hydrogen-bond acceptors (Lipinski definition) is 4. The van der Waals surface area contributed by atoms with Crippen LogP contribution in [0.5, 0.6) is 5.75 Å². The van der Waals surface area contributed by atoms with Crippen LogP contribution in [0.25, 0.3) is 0 Å². The predicted octanol–water partition coefficient (Wildman–Crippen LogP) is 2.30. The molecule has 1 unspecified atom stereocenters. The normalized spacial score (nSPS) is 23.3. The third-order valence-electron chi connectivity index (χ3n) is 4.45. The second-order valence-corrected chi connectivity index (χ2v) is 6.12. The van der Waals surface area contributed by atoms with Crippen LogP contribution in [0.15, 0.2) is 18.2 Å². The Bertz CT molecular complexity index is 478. The fraction of sp³-hybridized carbons (Fsp3) is 0.647. The lowest BCUT2D eigenvalue weighted by atomic mass is 10.2. The molecule has 0 spiro atoms. The summed E-state index contributed by atoms with van der Waals surface area (Å²) in [5.41, 5.74) is 2.55. The van der Waals surface area contributed by atoms with E-state index >= 15 is 0 Å². The van der Waals surface area contributed by atoms with Gasteiger partial charge in [-0.05, 0) is 38.0 Å². The van der Waals surface area contributed by atoms with E-state index in [0.29, 0.717) is 6.04 Å². The molecule has 0 N–H and O–H groups in total. The third-order valence-corrected chi connectivity index (χ3v) is 4.45. The van der Waals surface area contributed by atoms with Gasteiger partial charge in [0.2, 0.25) is 0 Å². The summed E-state index contributed by atoms with van der Waals surface area (Å²) in [6.45, 7) is 11.2. The molecule has 4 heteroatoms. The molecule has 1 aromatic rings. The Morgan fingerprint density at radius 1 is 1.19 bits per heavy atom. The molecule has 0 aliphatic carbocycles. The van der Waals surface area contributed by atoms with Gasteiger partial charge in [0, 0.05) is 32.2 Å². The maximum absolute atomic E-state index is 5.87. The SMILES string of the molecule is Cc1ccc2c(c1)N(CCN1CCOCC1C)CCCO2. The summed E-state index contributed by atoms with van der Waals surface area (Å²) in [6, 6.07) is 7.02. The standard InChI is InChI=1S/C17H26N2O2/c1-14-4-5-17-16(12-14)19(6-3-10-21-17)8-7-18-9-11-20-13-15(18)2/h4-5,12,15H,3,6-11,13H2,1-2H3. The summed E-state index contributed by atoms with van der Waals surface area (Å²) in [5.74, 6) is 1.04. The van der Waals surface area contributed by atoms with E-state index in [4.69, 9.17) is 9.47 Å². The summed E-state index contributed by atoms with van der Waals surface area (Å²) in [6.07, 6.45) is 1.09. The van der Waals surface area contributed by atoms with Crippen LogP contribution in [0.1, 0.15) is 18.9 Å². The molecule has 2 aliphatic rings. The number of rotatable bonds is 3. The highest BCUT2D eigenvalue weighted by atomic mass is 16.5. The average molecular weight is 290 g/mol. The van der Waals surface area contributed by atoms with Gasteiger partial charge < -0.3 is 14.4 Å². The van der Waals surface area contributed by atoms with Crippen LogP contribution in [0.2, 0.25) is 0 Å². The van der Waals surface area contributed by atoms with Gasteiger partial charge in [-0.1, -0.05) is 6.07 Å². The molecule has 0 aromatic heterocycles. The van der Waals surface area contributed by atoms with Crippen LogP contribution >= 0.6 is 0 Å². The van der Waals surface area contributed by atoms with Gasteiger partial charge in [-0.3, -0.25) is 4.90 Å². The average Bonchev–Trinajstić information content (AvgIpc) is 2.68. The van der Waals surface area contributed by atoms with Crippen molar-refractivity contribution in [2.45, 2.75) is 26.3 Å². The molecular weight excluding hydrogens is 264 g/mol. The Labute approximate surface area is 127 Å². The Morgan fingerprint density at radius 3 is 2.95 bits per heavy atom. The second kappa shape index (κ2) is 6.67. The van der Waals surface area contributed by atoms with Gasteiger partial charge in [0.05, 0.1) is 25.5 Å². The quantitative estimate of drug-likeness (QED) is 0.853. The molecule has 1 aromatic carbocycles. The van der Waals surface area contributed by atoms with E-state index in [1.54, 1.807) is 0 Å². The van der Waals surface area contributed by atoms with Crippen LogP contribution in [0.3, 0.4) is 0 Å². The van der Waals surface area contributed by atoms with Crippen LogP contribution in [0.4, 0.5) is 5.69 Å². The van der Waals surface area contributed by atoms with Crippen molar-refractivity contribution in [3.63, 3.8) is 0 Å². The van der Waals surface area contributed by atoms with Crippen molar-refractivity contribution in [1.29, 1.82) is 0 Å². The molecule has 0 amide bonds. The summed E-state index contributed by atoms with van der Waals surface area (Å²) in [4.78, 5) is 5.02. The zero-order valence-corrected chi connectivity index (χ0v) is 13.2. The van der Waals surface area contributed by atoms with Gasteiger partial charge >= 0.3 is 0 Å². The fourth-order valence-electron chi connectivity index (χ4n) is 3.13. The molecule has 0 saturated carbocycles. The Kier molecular flexibility index (Phi) is 4.66. The predicted molar refractivity (Wildman–Crippen MR) is 85.4 cm³/mol. The number of nitrogens with zero attached hydrogens (tertiary/aromatic N) is 2. The van der Waals surface area contributed by atoms with Gasteiger partial charge in [-0.2, -0.15) is 0 Å². The van der Waals surface area contributed by atoms with Crippen molar-refractivity contribution >= 4 is 5.69 Å². The zero-order chi connectivity index (χ0) is 14.7. The molecule has 1 atom stereocenters. The smallest absolute Gasteiger partial charge is 0.142 e. The van der Waals surface area contributed by atoms with Crippen LogP contribution in [-0.4, -0.2) is 56.9 Å². The van der Waals surface area contributed by atoms with E-state index in [-0.39, 0.29) is 0 Å². The van der Waals surface area contributed by atoms with E-state index < -0.39 is 0 Å². The number of hydrogen-bond donors (Lipinski definition) is 0. The monoisotopic (exact) mass is 290 g/mol. The molecule has 1 saturated heterocycles. The first-order chi connectivity index (χ1) is 10.2. The van der Waals surface area contributed by atoms with E-state index in [1.807, 2.05) is 0 Å². The van der Waals surface area contributed by atoms with Crippen molar-refractivity contribution in [2.75, 3.05) is 50.9 Å². The first-order valence-corrected chi connectivity index (χ1v) is 8.04. The molecule has 1 fully saturated rings. The fourth-order valence-corrected chi connectivity index (χ4v) is 3.13. The largest absolute Gasteiger partial charge is 0.491 e. The lowest BCUT2D eigenvalue weighted by Crippen LogP contribution is -2.47. The van der Waals surface area contributed by atoms with Crippen molar-refractivity contribution in [2.24, 2.45) is 0 Å². The summed E-state index contributed by atoms with van der Waals surface area (Å²) < 4.78 is 11.4. The highest BCUT2D eigenvalue weighted by molar-refractivity contribution is 5.60. The lowest BCUT2D eigenvalue weighted by molar-refractivity contribution is 0.00116. The summed E-state index contributed by atoms with van der Waals surface area (Å²) >= 11 is 0. The van der Waals surface area contributed by atoms with Gasteiger partial charge in [-0.25, -0.2) is 0 Å². The molecule has 3 rings (SSSR count). The minimum atomic E-state index is 0.527.